The molecule has 0 aliphatic carbocycles. The summed E-state index contributed by atoms with van der Waals surface area (Å²) in [7, 11) is 1.61. The maximum Gasteiger partial charge on any atom is 0.326 e. The van der Waals surface area contributed by atoms with Crippen molar-refractivity contribution in [3.05, 3.63) is 29.8 Å². The molecule has 1 saturated heterocycles. The molecule has 6 heteroatoms. The fourth-order valence-corrected chi connectivity index (χ4v) is 3.24. The molecule has 25 heavy (non-hydrogen) atoms. The van der Waals surface area contributed by atoms with Crippen LogP contribution in [0.25, 0.3) is 0 Å². The van der Waals surface area contributed by atoms with E-state index >= 15 is 0 Å². The summed E-state index contributed by atoms with van der Waals surface area (Å²) in [5.74, 6) is -0.590. The first-order valence-corrected chi connectivity index (χ1v) is 8.79. The van der Waals surface area contributed by atoms with Gasteiger partial charge in [-0.2, -0.15) is 0 Å². The van der Waals surface area contributed by atoms with Crippen LogP contribution in [0.15, 0.2) is 24.3 Å². The van der Waals surface area contributed by atoms with E-state index in [0.29, 0.717) is 13.2 Å². The van der Waals surface area contributed by atoms with Gasteiger partial charge in [0.15, 0.2) is 0 Å². The van der Waals surface area contributed by atoms with E-state index in [0.717, 1.165) is 30.6 Å². The number of benzene rings is 1. The molecule has 2 N–H and O–H groups in total. The van der Waals surface area contributed by atoms with E-state index < -0.39 is 12.0 Å². The minimum absolute atomic E-state index is 0.0444. The van der Waals surface area contributed by atoms with E-state index in [-0.39, 0.29) is 24.2 Å². The Morgan fingerprint density at radius 3 is 2.60 bits per heavy atom. The summed E-state index contributed by atoms with van der Waals surface area (Å²) < 4.78 is 10.5. The molecule has 1 aromatic rings. The number of carbonyl (C=O) groups excluding carboxylic acids is 1. The Hall–Kier alpha value is -2.08. The third-order valence-electron chi connectivity index (χ3n) is 4.76. The van der Waals surface area contributed by atoms with Crippen molar-refractivity contribution < 1.29 is 24.2 Å². The molecule has 1 amide bonds. The standard InChI is InChI=1S/C19H27NO5/c1-3-13(14-6-8-16(24-2)9-7-14)11-17(21)20-18(19(22)23)15-5-4-10-25-12-15/h6-9,13,15,18H,3-5,10-12H2,1-2H3,(H,20,21)(H,22,23). The quantitative estimate of drug-likeness (QED) is 0.753. The highest BCUT2D eigenvalue weighted by atomic mass is 16.5. The average Bonchev–Trinajstić information content (AvgIpc) is 2.64. The molecule has 0 radical (unpaired) electrons. The minimum atomic E-state index is -0.999. The number of carboxylic acid groups (broad SMARTS) is 1. The summed E-state index contributed by atoms with van der Waals surface area (Å²) in [6.45, 7) is 3.06. The van der Waals surface area contributed by atoms with Crippen molar-refractivity contribution in [2.45, 2.75) is 44.6 Å². The molecule has 0 bridgehead atoms. The van der Waals surface area contributed by atoms with Crippen molar-refractivity contribution in [1.29, 1.82) is 0 Å². The van der Waals surface area contributed by atoms with Gasteiger partial charge in [-0.1, -0.05) is 19.1 Å². The number of carboxylic acids is 1. The average molecular weight is 349 g/mol. The molecule has 6 nitrogen and oxygen atoms in total. The highest BCUT2D eigenvalue weighted by Crippen LogP contribution is 2.26. The first-order valence-electron chi connectivity index (χ1n) is 8.79. The van der Waals surface area contributed by atoms with Gasteiger partial charge in [0.05, 0.1) is 13.7 Å². The number of nitrogens with one attached hydrogen (secondary N) is 1. The third kappa shape index (κ3) is 5.46. The first kappa shape index (κ1) is 19.2. The van der Waals surface area contributed by atoms with Crippen LogP contribution in [-0.2, 0) is 14.3 Å². The smallest absolute Gasteiger partial charge is 0.326 e. The van der Waals surface area contributed by atoms with E-state index in [1.807, 2.05) is 31.2 Å². The normalized spacial score (nSPS) is 19.7. The Labute approximate surface area is 148 Å². The van der Waals surface area contributed by atoms with Gasteiger partial charge in [0.1, 0.15) is 11.8 Å². The zero-order valence-electron chi connectivity index (χ0n) is 14.9. The number of rotatable bonds is 8. The molecule has 3 unspecified atom stereocenters. The maximum absolute atomic E-state index is 12.4. The first-order chi connectivity index (χ1) is 12.0. The van der Waals surface area contributed by atoms with Crippen LogP contribution < -0.4 is 10.1 Å². The SMILES string of the molecule is CCC(CC(=O)NC(C(=O)O)C1CCCOC1)c1ccc(OC)cc1. The fraction of sp³-hybridized carbons (Fsp3) is 0.579. The molecular formula is C19H27NO5. The van der Waals surface area contributed by atoms with Crippen molar-refractivity contribution >= 4 is 11.9 Å². The van der Waals surface area contributed by atoms with Gasteiger partial charge >= 0.3 is 5.97 Å². The lowest BCUT2D eigenvalue weighted by Crippen LogP contribution is -2.48. The number of methoxy groups -OCH3 is 1. The molecule has 0 saturated carbocycles. The van der Waals surface area contributed by atoms with Crippen LogP contribution in [0.4, 0.5) is 0 Å². The van der Waals surface area contributed by atoms with Gasteiger partial charge in [-0.15, -0.1) is 0 Å². The summed E-state index contributed by atoms with van der Waals surface area (Å²) in [6.07, 6.45) is 2.64. The van der Waals surface area contributed by atoms with Gasteiger partial charge in [-0.05, 0) is 42.9 Å². The molecule has 3 atom stereocenters. The molecule has 0 spiro atoms. The lowest BCUT2D eigenvalue weighted by molar-refractivity contribution is -0.145. The Kier molecular flexibility index (Phi) is 7.25. The van der Waals surface area contributed by atoms with E-state index in [9.17, 15) is 14.7 Å². The Morgan fingerprint density at radius 2 is 2.08 bits per heavy atom. The number of carbonyl (C=O) groups is 2. The molecule has 2 rings (SSSR count). The summed E-state index contributed by atoms with van der Waals surface area (Å²) in [5, 5.41) is 12.2. The summed E-state index contributed by atoms with van der Waals surface area (Å²) in [6, 6.07) is 6.75. The van der Waals surface area contributed by atoms with Crippen LogP contribution in [0.2, 0.25) is 0 Å². The van der Waals surface area contributed by atoms with E-state index in [1.54, 1.807) is 7.11 Å². The molecule has 0 aromatic heterocycles. The summed E-state index contributed by atoms with van der Waals surface area (Å²) >= 11 is 0. The lowest BCUT2D eigenvalue weighted by Gasteiger charge is -2.28. The van der Waals surface area contributed by atoms with Gasteiger partial charge in [-0.3, -0.25) is 4.79 Å². The molecule has 1 aliphatic heterocycles. The maximum atomic E-state index is 12.4. The van der Waals surface area contributed by atoms with Gasteiger partial charge < -0.3 is 19.9 Å². The van der Waals surface area contributed by atoms with Crippen molar-refractivity contribution in [1.82, 2.24) is 5.32 Å². The number of hydrogen-bond donors (Lipinski definition) is 2. The highest BCUT2D eigenvalue weighted by molar-refractivity contribution is 5.84. The zero-order chi connectivity index (χ0) is 18.2. The van der Waals surface area contributed by atoms with Crippen molar-refractivity contribution in [3.8, 4) is 5.75 Å². The number of hydrogen-bond acceptors (Lipinski definition) is 4. The van der Waals surface area contributed by atoms with E-state index in [2.05, 4.69) is 5.32 Å². The Balaban J connectivity index is 1.98. The van der Waals surface area contributed by atoms with E-state index in [1.165, 1.54) is 0 Å². The fourth-order valence-electron chi connectivity index (χ4n) is 3.24. The van der Waals surface area contributed by atoms with Crippen molar-refractivity contribution in [2.75, 3.05) is 20.3 Å². The zero-order valence-corrected chi connectivity index (χ0v) is 14.9. The summed E-state index contributed by atoms with van der Waals surface area (Å²) in [4.78, 5) is 24.0. The predicted molar refractivity (Wildman–Crippen MR) is 93.8 cm³/mol. The van der Waals surface area contributed by atoms with Crippen LogP contribution >= 0.6 is 0 Å². The third-order valence-corrected chi connectivity index (χ3v) is 4.76. The number of ether oxygens (including phenoxy) is 2. The molecule has 1 aromatic carbocycles. The van der Waals surface area contributed by atoms with E-state index in [4.69, 9.17) is 9.47 Å². The van der Waals surface area contributed by atoms with Crippen molar-refractivity contribution in [3.63, 3.8) is 0 Å². The van der Waals surface area contributed by atoms with Gasteiger partial charge in [0, 0.05) is 18.9 Å². The molecule has 1 fully saturated rings. The highest BCUT2D eigenvalue weighted by Gasteiger charge is 2.31. The second kappa shape index (κ2) is 9.42. The molecule has 1 heterocycles. The van der Waals surface area contributed by atoms with Crippen LogP contribution in [0.1, 0.15) is 44.1 Å². The largest absolute Gasteiger partial charge is 0.497 e. The molecular weight excluding hydrogens is 322 g/mol. The van der Waals surface area contributed by atoms with Crippen LogP contribution in [0.5, 0.6) is 5.75 Å². The molecule has 1 aliphatic rings. The van der Waals surface area contributed by atoms with Crippen LogP contribution in [-0.4, -0.2) is 43.3 Å². The Bertz CT molecular complexity index is 566. The number of amides is 1. The van der Waals surface area contributed by atoms with Crippen molar-refractivity contribution in [2.24, 2.45) is 5.92 Å². The molecule has 138 valence electrons. The lowest BCUT2D eigenvalue weighted by atomic mass is 9.91. The van der Waals surface area contributed by atoms with Gasteiger partial charge in [0.2, 0.25) is 5.91 Å². The minimum Gasteiger partial charge on any atom is -0.497 e. The second-order valence-electron chi connectivity index (χ2n) is 6.44. The van der Waals surface area contributed by atoms with Crippen LogP contribution in [0.3, 0.4) is 0 Å². The second-order valence-corrected chi connectivity index (χ2v) is 6.44. The number of aliphatic carboxylic acids is 1. The van der Waals surface area contributed by atoms with Crippen LogP contribution in [0, 0.1) is 5.92 Å². The summed E-state index contributed by atoms with van der Waals surface area (Å²) in [5.41, 5.74) is 1.05. The monoisotopic (exact) mass is 349 g/mol. The van der Waals surface area contributed by atoms with Gasteiger partial charge in [0.25, 0.3) is 0 Å². The predicted octanol–water partition coefficient (Wildman–Crippen LogP) is 2.57. The Morgan fingerprint density at radius 1 is 1.36 bits per heavy atom. The topological polar surface area (TPSA) is 84.9 Å². The van der Waals surface area contributed by atoms with Gasteiger partial charge in [-0.25, -0.2) is 4.79 Å².